The second kappa shape index (κ2) is 7.09. The van der Waals surface area contributed by atoms with Gasteiger partial charge in [-0.15, -0.1) is 0 Å². The minimum atomic E-state index is 1.06. The molecule has 3 aromatic rings. The molecule has 2 aliphatic rings. The topological polar surface area (TPSA) is 12.4 Å². The highest BCUT2D eigenvalue weighted by Gasteiger charge is 2.23. The van der Waals surface area contributed by atoms with Crippen LogP contribution in [0.2, 0.25) is 0 Å². The van der Waals surface area contributed by atoms with Crippen molar-refractivity contribution in [3.63, 3.8) is 0 Å². The number of para-hydroxylation sites is 1. The number of rotatable bonds is 2. The quantitative estimate of drug-likeness (QED) is 0.464. The first-order valence-corrected chi connectivity index (χ1v) is 10.0. The summed E-state index contributed by atoms with van der Waals surface area (Å²) in [6, 6.07) is 26.2. The molecule has 0 aromatic heterocycles. The lowest BCUT2D eigenvalue weighted by Gasteiger charge is -2.18. The Bertz CT molecular complexity index is 1130. The molecule has 1 aliphatic heterocycles. The summed E-state index contributed by atoms with van der Waals surface area (Å²) >= 11 is 0. The average molecular weight is 361 g/mol. The van der Waals surface area contributed by atoms with Crippen molar-refractivity contribution in [1.82, 2.24) is 0 Å². The van der Waals surface area contributed by atoms with Gasteiger partial charge in [0, 0.05) is 17.4 Å². The molecule has 1 heteroatoms. The smallest absolute Gasteiger partial charge is 0.0709 e. The Hall–Kier alpha value is -3.19. The summed E-state index contributed by atoms with van der Waals surface area (Å²) < 4.78 is 0. The predicted molar refractivity (Wildman–Crippen MR) is 120 cm³/mol. The van der Waals surface area contributed by atoms with Gasteiger partial charge in [0.1, 0.15) is 0 Å². The highest BCUT2D eigenvalue weighted by molar-refractivity contribution is 6.32. The minimum Gasteiger partial charge on any atom is -0.256 e. The fraction of sp³-hybridized carbons (Fsp3) is 0.148. The van der Waals surface area contributed by atoms with Gasteiger partial charge in [0.2, 0.25) is 0 Å². The second-order valence-corrected chi connectivity index (χ2v) is 7.60. The Kier molecular flexibility index (Phi) is 4.29. The number of aliphatic imine (C=N–C) groups is 1. The SMILES string of the molecule is Cc1ccc(/C(C2=CCCCc3ccccc32)=C2/C=Nc3ccccc32)cc1. The zero-order valence-corrected chi connectivity index (χ0v) is 16.2. The Morgan fingerprint density at radius 1 is 0.821 bits per heavy atom. The fourth-order valence-corrected chi connectivity index (χ4v) is 4.28. The molecule has 0 amide bonds. The van der Waals surface area contributed by atoms with Gasteiger partial charge in [-0.2, -0.15) is 0 Å². The summed E-state index contributed by atoms with van der Waals surface area (Å²) in [4.78, 5) is 4.71. The van der Waals surface area contributed by atoms with Crippen LogP contribution in [0.25, 0.3) is 16.7 Å². The number of nitrogens with zero attached hydrogens (tertiary/aromatic N) is 1. The lowest BCUT2D eigenvalue weighted by Crippen LogP contribution is -1.98. The third-order valence-electron chi connectivity index (χ3n) is 5.71. The van der Waals surface area contributed by atoms with Crippen LogP contribution >= 0.6 is 0 Å². The van der Waals surface area contributed by atoms with E-state index in [1.54, 1.807) is 0 Å². The molecule has 0 radical (unpaired) electrons. The van der Waals surface area contributed by atoms with Crippen molar-refractivity contribution in [2.75, 3.05) is 0 Å². The summed E-state index contributed by atoms with van der Waals surface area (Å²) in [5, 5.41) is 0. The molecule has 0 saturated carbocycles. The molecule has 0 N–H and O–H groups in total. The molecule has 0 fully saturated rings. The molecular formula is C27H23N. The summed E-state index contributed by atoms with van der Waals surface area (Å²) in [6.07, 6.45) is 7.92. The summed E-state index contributed by atoms with van der Waals surface area (Å²) in [5.74, 6) is 0. The van der Waals surface area contributed by atoms with Crippen LogP contribution in [0, 0.1) is 6.92 Å². The average Bonchev–Trinajstić information content (AvgIpc) is 3.04. The van der Waals surface area contributed by atoms with E-state index in [0.717, 1.165) is 18.5 Å². The van der Waals surface area contributed by atoms with Crippen LogP contribution in [-0.4, -0.2) is 6.21 Å². The monoisotopic (exact) mass is 361 g/mol. The molecule has 0 spiro atoms. The highest BCUT2D eigenvalue weighted by Crippen LogP contribution is 2.43. The second-order valence-electron chi connectivity index (χ2n) is 7.60. The Morgan fingerprint density at radius 3 is 2.43 bits per heavy atom. The van der Waals surface area contributed by atoms with Crippen LogP contribution in [0.3, 0.4) is 0 Å². The van der Waals surface area contributed by atoms with E-state index in [0.29, 0.717) is 0 Å². The van der Waals surface area contributed by atoms with Crippen LogP contribution < -0.4 is 0 Å². The van der Waals surface area contributed by atoms with Gasteiger partial charge in [-0.25, -0.2) is 0 Å². The number of benzene rings is 3. The van der Waals surface area contributed by atoms with Crippen LogP contribution in [-0.2, 0) is 6.42 Å². The molecule has 136 valence electrons. The third-order valence-corrected chi connectivity index (χ3v) is 5.71. The molecule has 0 bridgehead atoms. The van der Waals surface area contributed by atoms with Gasteiger partial charge in [0.25, 0.3) is 0 Å². The van der Waals surface area contributed by atoms with Gasteiger partial charge in [-0.05, 0) is 60.1 Å². The third kappa shape index (κ3) is 2.93. The molecule has 1 heterocycles. The molecule has 0 atom stereocenters. The van der Waals surface area contributed by atoms with E-state index in [4.69, 9.17) is 4.99 Å². The number of aryl methyl sites for hydroxylation is 2. The fourth-order valence-electron chi connectivity index (χ4n) is 4.28. The summed E-state index contributed by atoms with van der Waals surface area (Å²) in [5.41, 5.74) is 11.5. The zero-order valence-electron chi connectivity index (χ0n) is 16.2. The van der Waals surface area contributed by atoms with E-state index in [1.165, 1.54) is 51.0 Å². The number of allylic oxidation sites excluding steroid dienone is 4. The van der Waals surface area contributed by atoms with Gasteiger partial charge in [0.15, 0.2) is 0 Å². The van der Waals surface area contributed by atoms with E-state index in [2.05, 4.69) is 85.8 Å². The number of hydrogen-bond acceptors (Lipinski definition) is 1. The van der Waals surface area contributed by atoms with Crippen molar-refractivity contribution in [2.24, 2.45) is 4.99 Å². The van der Waals surface area contributed by atoms with E-state index >= 15 is 0 Å². The van der Waals surface area contributed by atoms with Gasteiger partial charge in [-0.3, -0.25) is 4.99 Å². The van der Waals surface area contributed by atoms with Crippen molar-refractivity contribution in [2.45, 2.75) is 26.2 Å². The summed E-state index contributed by atoms with van der Waals surface area (Å²) in [6.45, 7) is 2.14. The normalized spacial score (nSPS) is 16.8. The maximum Gasteiger partial charge on any atom is 0.0709 e. The molecule has 1 nitrogen and oxygen atoms in total. The number of hydrogen-bond donors (Lipinski definition) is 0. The Morgan fingerprint density at radius 2 is 1.57 bits per heavy atom. The Balaban J connectivity index is 1.80. The van der Waals surface area contributed by atoms with E-state index in [-0.39, 0.29) is 0 Å². The predicted octanol–water partition coefficient (Wildman–Crippen LogP) is 7.04. The lowest BCUT2D eigenvalue weighted by atomic mass is 9.85. The van der Waals surface area contributed by atoms with Gasteiger partial charge < -0.3 is 0 Å². The molecule has 1 aliphatic carbocycles. The molecule has 0 unspecified atom stereocenters. The maximum absolute atomic E-state index is 4.71. The van der Waals surface area contributed by atoms with Crippen LogP contribution in [0.15, 0.2) is 83.9 Å². The first-order chi connectivity index (χ1) is 13.8. The van der Waals surface area contributed by atoms with Crippen LogP contribution in [0.5, 0.6) is 0 Å². The minimum absolute atomic E-state index is 1.06. The van der Waals surface area contributed by atoms with E-state index < -0.39 is 0 Å². The van der Waals surface area contributed by atoms with Gasteiger partial charge in [-0.1, -0.05) is 78.4 Å². The molecular weight excluding hydrogens is 338 g/mol. The highest BCUT2D eigenvalue weighted by atomic mass is 14.8. The molecule has 3 aromatic carbocycles. The van der Waals surface area contributed by atoms with E-state index in [1.807, 2.05) is 6.21 Å². The molecule has 0 saturated heterocycles. The molecule has 28 heavy (non-hydrogen) atoms. The van der Waals surface area contributed by atoms with Crippen LogP contribution in [0.4, 0.5) is 5.69 Å². The standard InChI is InChI=1S/C27H23N/c1-19-14-16-21(17-15-19)27(25-18-28-26-13-7-6-11-23(25)26)24-12-5-3-9-20-8-2-4-10-22(20)24/h2,4,6-8,10-18H,3,5,9H2,1H3/b27-25+. The zero-order chi connectivity index (χ0) is 18.9. The lowest BCUT2D eigenvalue weighted by molar-refractivity contribution is 0.851. The van der Waals surface area contributed by atoms with E-state index in [9.17, 15) is 0 Å². The first kappa shape index (κ1) is 16.9. The van der Waals surface area contributed by atoms with Crippen molar-refractivity contribution in [3.8, 4) is 0 Å². The first-order valence-electron chi connectivity index (χ1n) is 10.0. The van der Waals surface area contributed by atoms with Crippen molar-refractivity contribution >= 4 is 28.6 Å². The molecule has 5 rings (SSSR count). The van der Waals surface area contributed by atoms with Crippen molar-refractivity contribution < 1.29 is 0 Å². The maximum atomic E-state index is 4.71. The Labute approximate surface area is 166 Å². The van der Waals surface area contributed by atoms with Crippen molar-refractivity contribution in [1.29, 1.82) is 0 Å². The largest absolute Gasteiger partial charge is 0.256 e. The summed E-state index contributed by atoms with van der Waals surface area (Å²) in [7, 11) is 0. The van der Waals surface area contributed by atoms with Crippen molar-refractivity contribution in [3.05, 3.63) is 107 Å². The number of fused-ring (bicyclic) bond motifs is 2. The van der Waals surface area contributed by atoms with Crippen LogP contribution in [0.1, 0.15) is 40.7 Å². The van der Waals surface area contributed by atoms with Gasteiger partial charge >= 0.3 is 0 Å². The van der Waals surface area contributed by atoms with Gasteiger partial charge in [0.05, 0.1) is 5.69 Å².